The number of hydrogen-bond acceptors (Lipinski definition) is 5. The van der Waals surface area contributed by atoms with Crippen LogP contribution in [0.3, 0.4) is 0 Å². The van der Waals surface area contributed by atoms with Crippen LogP contribution < -0.4 is 10.0 Å². The molecule has 6 nitrogen and oxygen atoms in total. The van der Waals surface area contributed by atoms with Crippen LogP contribution in [0.1, 0.15) is 12.5 Å². The highest BCUT2D eigenvalue weighted by Crippen LogP contribution is 2.20. The number of pyridine rings is 2. The quantitative estimate of drug-likeness (QED) is 0.845. The number of anilines is 2. The van der Waals surface area contributed by atoms with Crippen LogP contribution in [0, 0.1) is 6.92 Å². The molecule has 0 unspecified atom stereocenters. The molecule has 0 amide bonds. The molecule has 2 rings (SSSR count). The summed E-state index contributed by atoms with van der Waals surface area (Å²) in [6, 6.07) is 4.58. The molecular weight excluding hydrogens is 356 g/mol. The van der Waals surface area contributed by atoms with Crippen molar-refractivity contribution in [1.82, 2.24) is 9.97 Å². The Morgan fingerprint density at radius 3 is 2.67 bits per heavy atom. The summed E-state index contributed by atoms with van der Waals surface area (Å²) in [4.78, 5) is 8.23. The van der Waals surface area contributed by atoms with Crippen LogP contribution >= 0.6 is 15.9 Å². The van der Waals surface area contributed by atoms with Gasteiger partial charge in [0.15, 0.2) is 0 Å². The largest absolute Gasteiger partial charge is 0.370 e. The predicted octanol–water partition coefficient (Wildman–Crippen LogP) is 2.78. The normalized spacial score (nSPS) is 11.2. The second-order valence-electron chi connectivity index (χ2n) is 4.33. The fourth-order valence-electron chi connectivity index (χ4n) is 1.65. The van der Waals surface area contributed by atoms with E-state index in [9.17, 15) is 8.42 Å². The molecule has 2 heterocycles. The second-order valence-corrected chi connectivity index (χ2v) is 6.87. The highest BCUT2D eigenvalue weighted by atomic mass is 79.9. The Morgan fingerprint density at radius 1 is 1.24 bits per heavy atom. The van der Waals surface area contributed by atoms with Crippen LogP contribution in [0.4, 0.5) is 11.6 Å². The topological polar surface area (TPSA) is 84.0 Å². The van der Waals surface area contributed by atoms with Gasteiger partial charge in [-0.15, -0.1) is 0 Å². The maximum Gasteiger partial charge on any atom is 0.263 e. The molecule has 2 aromatic rings. The standard InChI is InChI=1S/C13H15BrN4O2S/c1-3-15-12-7-10(4-5-16-12)21(19,20)18-13-6-9(2)11(14)8-17-13/h4-8H,3H2,1-2H3,(H,15,16)(H,17,18). The van der Waals surface area contributed by atoms with Gasteiger partial charge in [-0.2, -0.15) is 0 Å². The Labute approximate surface area is 132 Å². The summed E-state index contributed by atoms with van der Waals surface area (Å²) in [6.45, 7) is 4.44. The zero-order valence-corrected chi connectivity index (χ0v) is 14.0. The maximum absolute atomic E-state index is 12.3. The SMILES string of the molecule is CCNc1cc(S(=O)(=O)Nc2cc(C)c(Br)cn2)ccn1. The van der Waals surface area contributed by atoms with Crippen LogP contribution in [-0.2, 0) is 10.0 Å². The summed E-state index contributed by atoms with van der Waals surface area (Å²) >= 11 is 3.32. The first-order valence-corrected chi connectivity index (χ1v) is 8.55. The third-order valence-electron chi connectivity index (χ3n) is 2.69. The molecular formula is C13H15BrN4O2S. The molecule has 2 N–H and O–H groups in total. The lowest BCUT2D eigenvalue weighted by molar-refractivity contribution is 0.601. The second kappa shape index (κ2) is 6.40. The molecule has 0 radical (unpaired) electrons. The van der Waals surface area contributed by atoms with E-state index in [0.29, 0.717) is 12.4 Å². The Balaban J connectivity index is 2.29. The highest BCUT2D eigenvalue weighted by molar-refractivity contribution is 9.10. The highest BCUT2D eigenvalue weighted by Gasteiger charge is 2.16. The van der Waals surface area contributed by atoms with Gasteiger partial charge in [0.1, 0.15) is 11.6 Å². The van der Waals surface area contributed by atoms with Gasteiger partial charge in [0.2, 0.25) is 0 Å². The van der Waals surface area contributed by atoms with E-state index in [0.717, 1.165) is 10.0 Å². The van der Waals surface area contributed by atoms with E-state index >= 15 is 0 Å². The average molecular weight is 371 g/mol. The molecule has 21 heavy (non-hydrogen) atoms. The van der Waals surface area contributed by atoms with Gasteiger partial charge in [-0.05, 0) is 47.5 Å². The first-order valence-electron chi connectivity index (χ1n) is 6.27. The van der Waals surface area contributed by atoms with Crippen molar-refractivity contribution in [2.24, 2.45) is 0 Å². The summed E-state index contributed by atoms with van der Waals surface area (Å²) in [5.74, 6) is 0.790. The van der Waals surface area contributed by atoms with E-state index < -0.39 is 10.0 Å². The van der Waals surface area contributed by atoms with Crippen molar-refractivity contribution in [1.29, 1.82) is 0 Å². The molecule has 0 atom stereocenters. The van der Waals surface area contributed by atoms with Crippen molar-refractivity contribution in [2.75, 3.05) is 16.6 Å². The average Bonchev–Trinajstić information content (AvgIpc) is 2.43. The number of nitrogens with zero attached hydrogens (tertiary/aromatic N) is 2. The Morgan fingerprint density at radius 2 is 2.00 bits per heavy atom. The number of aryl methyl sites for hydroxylation is 1. The zero-order chi connectivity index (χ0) is 15.5. The smallest absolute Gasteiger partial charge is 0.263 e. The van der Waals surface area contributed by atoms with Gasteiger partial charge < -0.3 is 5.32 Å². The first-order chi connectivity index (χ1) is 9.92. The van der Waals surface area contributed by atoms with Crippen molar-refractivity contribution >= 4 is 37.6 Å². The molecule has 0 spiro atoms. The lowest BCUT2D eigenvalue weighted by Gasteiger charge is -2.09. The van der Waals surface area contributed by atoms with E-state index in [1.165, 1.54) is 18.3 Å². The lowest BCUT2D eigenvalue weighted by Crippen LogP contribution is -2.14. The fraction of sp³-hybridized carbons (Fsp3) is 0.231. The fourth-order valence-corrected chi connectivity index (χ4v) is 2.88. The van der Waals surface area contributed by atoms with Gasteiger partial charge in [0.25, 0.3) is 10.0 Å². The monoisotopic (exact) mass is 370 g/mol. The van der Waals surface area contributed by atoms with Crippen LogP contribution in [0.5, 0.6) is 0 Å². The van der Waals surface area contributed by atoms with Gasteiger partial charge in [-0.1, -0.05) is 0 Å². The number of halogens is 1. The van der Waals surface area contributed by atoms with Crippen molar-refractivity contribution in [3.63, 3.8) is 0 Å². The minimum Gasteiger partial charge on any atom is -0.370 e. The maximum atomic E-state index is 12.3. The summed E-state index contributed by atoms with van der Waals surface area (Å²) < 4.78 is 28.0. The van der Waals surface area contributed by atoms with Crippen molar-refractivity contribution < 1.29 is 8.42 Å². The molecule has 8 heteroatoms. The Bertz CT molecular complexity index is 750. The first kappa shape index (κ1) is 15.7. The molecule has 2 aromatic heterocycles. The van der Waals surface area contributed by atoms with Crippen LogP contribution in [-0.4, -0.2) is 24.9 Å². The molecule has 112 valence electrons. The zero-order valence-electron chi connectivity index (χ0n) is 11.6. The molecule has 0 bridgehead atoms. The van der Waals surface area contributed by atoms with Gasteiger partial charge in [0, 0.05) is 29.5 Å². The van der Waals surface area contributed by atoms with Gasteiger partial charge in [-0.25, -0.2) is 18.4 Å². The van der Waals surface area contributed by atoms with E-state index in [1.54, 1.807) is 12.3 Å². The van der Waals surface area contributed by atoms with Gasteiger partial charge >= 0.3 is 0 Å². The summed E-state index contributed by atoms with van der Waals surface area (Å²) in [5, 5.41) is 2.98. The summed E-state index contributed by atoms with van der Waals surface area (Å²) in [5.41, 5.74) is 0.894. The summed E-state index contributed by atoms with van der Waals surface area (Å²) in [6.07, 6.45) is 3.01. The Hall–Kier alpha value is -1.67. The minimum atomic E-state index is -3.69. The van der Waals surface area contributed by atoms with Crippen LogP contribution in [0.2, 0.25) is 0 Å². The van der Waals surface area contributed by atoms with Crippen molar-refractivity contribution in [3.05, 3.63) is 40.6 Å². The van der Waals surface area contributed by atoms with Crippen LogP contribution in [0.25, 0.3) is 0 Å². The van der Waals surface area contributed by atoms with Crippen LogP contribution in [0.15, 0.2) is 40.0 Å². The lowest BCUT2D eigenvalue weighted by atomic mass is 10.3. The molecule has 0 aliphatic rings. The molecule has 0 aliphatic carbocycles. The van der Waals surface area contributed by atoms with Crippen molar-refractivity contribution in [2.45, 2.75) is 18.7 Å². The predicted molar refractivity (Wildman–Crippen MR) is 85.9 cm³/mol. The van der Waals surface area contributed by atoms with E-state index in [4.69, 9.17) is 0 Å². The van der Waals surface area contributed by atoms with E-state index in [2.05, 4.69) is 35.9 Å². The molecule has 0 saturated carbocycles. The minimum absolute atomic E-state index is 0.135. The van der Waals surface area contributed by atoms with Gasteiger partial charge in [0.05, 0.1) is 4.90 Å². The summed E-state index contributed by atoms with van der Waals surface area (Å²) in [7, 11) is -3.69. The molecule has 0 aromatic carbocycles. The number of rotatable bonds is 5. The number of hydrogen-bond donors (Lipinski definition) is 2. The van der Waals surface area contributed by atoms with E-state index in [1.807, 2.05) is 13.8 Å². The Kier molecular flexibility index (Phi) is 4.79. The third-order valence-corrected chi connectivity index (χ3v) is 4.87. The van der Waals surface area contributed by atoms with E-state index in [-0.39, 0.29) is 10.7 Å². The number of nitrogens with one attached hydrogen (secondary N) is 2. The van der Waals surface area contributed by atoms with Crippen molar-refractivity contribution in [3.8, 4) is 0 Å². The number of aromatic nitrogens is 2. The molecule has 0 fully saturated rings. The number of sulfonamides is 1. The van der Waals surface area contributed by atoms with Gasteiger partial charge in [-0.3, -0.25) is 4.72 Å². The molecule has 0 saturated heterocycles. The third kappa shape index (κ3) is 3.92. The molecule has 0 aliphatic heterocycles.